The number of hydrogen-bond acceptors (Lipinski definition) is 9. The lowest BCUT2D eigenvalue weighted by atomic mass is 10.1. The van der Waals surface area contributed by atoms with Crippen LogP contribution in [0.3, 0.4) is 0 Å². The maximum absolute atomic E-state index is 12.9. The predicted molar refractivity (Wildman–Crippen MR) is 123 cm³/mol. The molecule has 0 aromatic heterocycles. The molecule has 0 heterocycles. The fourth-order valence-electron chi connectivity index (χ4n) is 2.77. The molecule has 0 fully saturated rings. The van der Waals surface area contributed by atoms with Crippen LogP contribution >= 0.6 is 0 Å². The number of rotatable bonds is 16. The van der Waals surface area contributed by atoms with Crippen LogP contribution in [0.15, 0.2) is 4.99 Å². The summed E-state index contributed by atoms with van der Waals surface area (Å²) in [4.78, 5) is 63.7. The number of carboxylic acid groups (broad SMARTS) is 1. The summed E-state index contributed by atoms with van der Waals surface area (Å²) in [7, 11) is 0. The van der Waals surface area contributed by atoms with Gasteiger partial charge >= 0.3 is 5.97 Å². The zero-order valence-corrected chi connectivity index (χ0v) is 19.6. The van der Waals surface area contributed by atoms with Gasteiger partial charge in [-0.2, -0.15) is 0 Å². The van der Waals surface area contributed by atoms with Gasteiger partial charge in [0.2, 0.25) is 23.6 Å². The third-order valence-corrected chi connectivity index (χ3v) is 4.73. The molecule has 35 heavy (non-hydrogen) atoms. The van der Waals surface area contributed by atoms with Crippen molar-refractivity contribution in [3.63, 3.8) is 0 Å². The van der Waals surface area contributed by atoms with Gasteiger partial charge in [0.05, 0.1) is 18.2 Å². The number of aliphatic imine (C=N–C) groups is 1. The molecular weight excluding hydrogens is 468 g/mol. The molecule has 16 heteroatoms. The Morgan fingerprint density at radius 1 is 0.829 bits per heavy atom. The minimum absolute atomic E-state index is 0.00351. The molecule has 0 bridgehead atoms. The number of carbonyl (C=O) groups is 5. The first kappa shape index (κ1) is 31.5. The molecular formula is C19H36N8O8. The van der Waals surface area contributed by atoms with Gasteiger partial charge in [0.25, 0.3) is 0 Å². The van der Waals surface area contributed by atoms with E-state index in [0.717, 1.165) is 6.92 Å². The van der Waals surface area contributed by atoms with Gasteiger partial charge in [-0.15, -0.1) is 0 Å². The first-order valence-electron chi connectivity index (χ1n) is 10.8. The van der Waals surface area contributed by atoms with E-state index in [4.69, 9.17) is 28.0 Å². The van der Waals surface area contributed by atoms with Crippen LogP contribution in [0, 0.1) is 0 Å². The second-order valence-electron chi connectivity index (χ2n) is 7.91. The van der Waals surface area contributed by atoms with Crippen molar-refractivity contribution >= 4 is 35.6 Å². The maximum atomic E-state index is 12.9. The number of nitrogens with zero attached hydrogens (tertiary/aromatic N) is 1. The fourth-order valence-corrected chi connectivity index (χ4v) is 2.77. The number of primary amides is 1. The molecule has 14 N–H and O–H groups in total. The summed E-state index contributed by atoms with van der Waals surface area (Å²) in [5, 5.41) is 35.4. The van der Waals surface area contributed by atoms with E-state index in [1.165, 1.54) is 6.92 Å². The van der Waals surface area contributed by atoms with E-state index in [0.29, 0.717) is 0 Å². The van der Waals surface area contributed by atoms with Crippen LogP contribution in [0.5, 0.6) is 0 Å². The Morgan fingerprint density at radius 3 is 1.83 bits per heavy atom. The lowest BCUT2D eigenvalue weighted by Gasteiger charge is -2.27. The highest BCUT2D eigenvalue weighted by Gasteiger charge is 2.33. The average molecular weight is 505 g/mol. The van der Waals surface area contributed by atoms with Crippen LogP contribution in [-0.4, -0.2) is 93.8 Å². The van der Waals surface area contributed by atoms with Crippen LogP contribution in [0.4, 0.5) is 0 Å². The van der Waals surface area contributed by atoms with E-state index >= 15 is 0 Å². The zero-order chi connectivity index (χ0) is 27.3. The summed E-state index contributed by atoms with van der Waals surface area (Å²) in [6.45, 7) is 2.43. The summed E-state index contributed by atoms with van der Waals surface area (Å²) in [6.07, 6.45) is -2.95. The van der Waals surface area contributed by atoms with E-state index in [1.807, 2.05) is 5.32 Å². The van der Waals surface area contributed by atoms with Gasteiger partial charge in [0, 0.05) is 13.0 Å². The van der Waals surface area contributed by atoms with Crippen LogP contribution in [0.2, 0.25) is 0 Å². The molecule has 4 amide bonds. The fraction of sp³-hybridized carbons (Fsp3) is 0.684. The highest BCUT2D eigenvalue weighted by atomic mass is 16.4. The number of nitrogens with one attached hydrogen (secondary N) is 3. The van der Waals surface area contributed by atoms with Crippen molar-refractivity contribution in [2.24, 2.45) is 27.9 Å². The average Bonchev–Trinajstić information content (AvgIpc) is 2.74. The van der Waals surface area contributed by atoms with Crippen molar-refractivity contribution in [2.45, 2.75) is 75.9 Å². The van der Waals surface area contributed by atoms with Gasteiger partial charge in [0.15, 0.2) is 12.0 Å². The SMILES string of the molecule is CC(O)C(NC(=O)C(NC(=O)C(CCCN=C(N)N)NC(=O)C(N)CCC(N)=O)C(C)O)C(=O)O. The molecule has 0 radical (unpaired) electrons. The highest BCUT2D eigenvalue weighted by Crippen LogP contribution is 2.04. The van der Waals surface area contributed by atoms with Gasteiger partial charge in [-0.05, 0) is 33.1 Å². The second-order valence-corrected chi connectivity index (χ2v) is 7.91. The van der Waals surface area contributed by atoms with E-state index in [2.05, 4.69) is 15.6 Å². The topological polar surface area (TPSA) is 299 Å². The van der Waals surface area contributed by atoms with E-state index in [1.54, 1.807) is 0 Å². The lowest BCUT2D eigenvalue weighted by molar-refractivity contribution is -0.146. The smallest absolute Gasteiger partial charge is 0.328 e. The second kappa shape index (κ2) is 15.4. The number of guanidine groups is 1. The Kier molecular flexibility index (Phi) is 13.9. The van der Waals surface area contributed by atoms with Crippen LogP contribution in [-0.2, 0) is 24.0 Å². The Bertz CT molecular complexity index is 785. The molecule has 16 nitrogen and oxygen atoms in total. The number of aliphatic carboxylic acids is 1. The molecule has 0 saturated carbocycles. The molecule has 0 aromatic carbocycles. The number of nitrogens with two attached hydrogens (primary N) is 4. The van der Waals surface area contributed by atoms with Crippen molar-refractivity contribution in [1.82, 2.24) is 16.0 Å². The summed E-state index contributed by atoms with van der Waals surface area (Å²) in [6, 6.07) is -5.73. The largest absolute Gasteiger partial charge is 0.480 e. The number of aliphatic hydroxyl groups is 2. The number of carbonyl (C=O) groups excluding carboxylic acids is 4. The minimum Gasteiger partial charge on any atom is -0.480 e. The minimum atomic E-state index is -1.70. The number of carboxylic acids is 1. The molecule has 0 aromatic rings. The third-order valence-electron chi connectivity index (χ3n) is 4.73. The lowest BCUT2D eigenvalue weighted by Crippen LogP contribution is -2.60. The monoisotopic (exact) mass is 504 g/mol. The molecule has 0 saturated heterocycles. The molecule has 0 aliphatic carbocycles. The maximum Gasteiger partial charge on any atom is 0.328 e. The molecule has 6 unspecified atom stereocenters. The molecule has 0 rings (SSSR count). The van der Waals surface area contributed by atoms with Crippen molar-refractivity contribution in [3.05, 3.63) is 0 Å². The van der Waals surface area contributed by atoms with E-state index in [9.17, 15) is 34.2 Å². The molecule has 0 aliphatic heterocycles. The molecule has 200 valence electrons. The van der Waals surface area contributed by atoms with Crippen LogP contribution in [0.25, 0.3) is 0 Å². The number of amides is 4. The first-order valence-corrected chi connectivity index (χ1v) is 10.8. The molecule has 0 spiro atoms. The number of hydrogen-bond donors (Lipinski definition) is 10. The normalized spacial score (nSPS) is 15.9. The van der Waals surface area contributed by atoms with E-state index in [-0.39, 0.29) is 38.2 Å². The van der Waals surface area contributed by atoms with Gasteiger partial charge < -0.3 is 54.2 Å². The van der Waals surface area contributed by atoms with E-state index < -0.39 is 66.0 Å². The number of aliphatic hydroxyl groups excluding tert-OH is 2. The third kappa shape index (κ3) is 12.5. The molecule has 6 atom stereocenters. The molecule has 0 aliphatic rings. The Labute approximate surface area is 201 Å². The highest BCUT2D eigenvalue weighted by molar-refractivity contribution is 5.94. The van der Waals surface area contributed by atoms with Gasteiger partial charge in [-0.1, -0.05) is 0 Å². The summed E-state index contributed by atoms with van der Waals surface area (Å²) < 4.78 is 0. The van der Waals surface area contributed by atoms with Gasteiger partial charge in [0.1, 0.15) is 12.1 Å². The van der Waals surface area contributed by atoms with Crippen molar-refractivity contribution in [1.29, 1.82) is 0 Å². The standard InChI is InChI=1S/C19H36N8O8/c1-8(28)13(17(33)27-14(9(2)29)18(34)35)26-16(32)11(4-3-7-24-19(22)23)25-15(31)10(20)5-6-12(21)30/h8-11,13-14,28-29H,3-7,20H2,1-2H3,(H2,21,30)(H,25,31)(H,26,32)(H,27,33)(H,34,35)(H4,22,23,24). The zero-order valence-electron chi connectivity index (χ0n) is 19.6. The Morgan fingerprint density at radius 2 is 1.37 bits per heavy atom. The van der Waals surface area contributed by atoms with Crippen molar-refractivity contribution < 1.29 is 39.3 Å². The van der Waals surface area contributed by atoms with Crippen molar-refractivity contribution in [3.8, 4) is 0 Å². The predicted octanol–water partition coefficient (Wildman–Crippen LogP) is -5.07. The Balaban J connectivity index is 5.52. The summed E-state index contributed by atoms with van der Waals surface area (Å²) >= 11 is 0. The van der Waals surface area contributed by atoms with Gasteiger partial charge in [-0.3, -0.25) is 24.2 Å². The first-order chi connectivity index (χ1) is 16.2. The van der Waals surface area contributed by atoms with Crippen LogP contribution in [0.1, 0.15) is 39.5 Å². The Hall–Kier alpha value is -3.50. The van der Waals surface area contributed by atoms with Gasteiger partial charge in [-0.25, -0.2) is 4.79 Å². The van der Waals surface area contributed by atoms with Crippen molar-refractivity contribution in [2.75, 3.05) is 6.54 Å². The quantitative estimate of drug-likeness (QED) is 0.0538. The summed E-state index contributed by atoms with van der Waals surface area (Å²) in [5.74, 6) is -5.12. The summed E-state index contributed by atoms with van der Waals surface area (Å²) in [5.41, 5.74) is 21.3. The van der Waals surface area contributed by atoms with Crippen LogP contribution < -0.4 is 38.9 Å².